The van der Waals surface area contributed by atoms with Gasteiger partial charge < -0.3 is 0 Å². The van der Waals surface area contributed by atoms with Crippen LogP contribution < -0.4 is 5.32 Å². The lowest BCUT2D eigenvalue weighted by Gasteiger charge is -2.06. The van der Waals surface area contributed by atoms with Gasteiger partial charge in [-0.25, -0.2) is 9.67 Å². The molecule has 0 bridgehead atoms. The highest BCUT2D eigenvalue weighted by atomic mass is 79.9. The summed E-state index contributed by atoms with van der Waals surface area (Å²) < 4.78 is 2.85. The number of benzene rings is 1. The first-order valence-electron chi connectivity index (χ1n) is 7.01. The molecule has 0 aliphatic carbocycles. The Morgan fingerprint density at radius 3 is 2.43 bits per heavy atom. The minimum atomic E-state index is -0.166. The van der Waals surface area contributed by atoms with Crippen molar-refractivity contribution >= 4 is 38.3 Å². The molecular formula is C16H15BrN4OS. The van der Waals surface area contributed by atoms with Crippen molar-refractivity contribution in [3.63, 3.8) is 0 Å². The molecule has 0 saturated heterocycles. The summed E-state index contributed by atoms with van der Waals surface area (Å²) in [7, 11) is 0. The lowest BCUT2D eigenvalue weighted by atomic mass is 10.2. The third-order valence-electron chi connectivity index (χ3n) is 3.42. The van der Waals surface area contributed by atoms with E-state index in [1.54, 1.807) is 18.3 Å². The van der Waals surface area contributed by atoms with Gasteiger partial charge in [0.2, 0.25) is 0 Å². The van der Waals surface area contributed by atoms with E-state index in [0.717, 1.165) is 26.4 Å². The third-order valence-corrected chi connectivity index (χ3v) is 5.39. The molecule has 2 aromatic heterocycles. The topological polar surface area (TPSA) is 59.8 Å². The zero-order chi connectivity index (χ0) is 16.6. The van der Waals surface area contributed by atoms with Crippen LogP contribution in [-0.2, 0) is 0 Å². The Balaban J connectivity index is 1.81. The second-order valence-electron chi connectivity index (χ2n) is 5.17. The van der Waals surface area contributed by atoms with E-state index in [9.17, 15) is 4.79 Å². The zero-order valence-corrected chi connectivity index (χ0v) is 15.3. The average molecular weight is 391 g/mol. The van der Waals surface area contributed by atoms with E-state index in [-0.39, 0.29) is 5.91 Å². The number of nitrogens with zero attached hydrogens (tertiary/aromatic N) is 3. The van der Waals surface area contributed by atoms with Crippen molar-refractivity contribution in [3.05, 3.63) is 56.8 Å². The van der Waals surface area contributed by atoms with E-state index >= 15 is 0 Å². The molecule has 2 heterocycles. The van der Waals surface area contributed by atoms with Gasteiger partial charge in [0.1, 0.15) is 0 Å². The highest BCUT2D eigenvalue weighted by molar-refractivity contribution is 9.10. The molecule has 0 aliphatic heterocycles. The SMILES string of the molecule is Cc1cnc(NC(=O)c2ccc(-n3nc(C)c(Br)c3C)cc2)s1. The Morgan fingerprint density at radius 1 is 1.22 bits per heavy atom. The molecule has 7 heteroatoms. The highest BCUT2D eigenvalue weighted by Gasteiger charge is 2.12. The molecule has 3 rings (SSSR count). The maximum Gasteiger partial charge on any atom is 0.257 e. The number of hydrogen-bond donors (Lipinski definition) is 1. The van der Waals surface area contributed by atoms with E-state index in [4.69, 9.17) is 0 Å². The van der Waals surface area contributed by atoms with Crippen LogP contribution in [0.3, 0.4) is 0 Å². The molecule has 0 radical (unpaired) electrons. The van der Waals surface area contributed by atoms with Crippen molar-refractivity contribution in [2.24, 2.45) is 0 Å². The van der Waals surface area contributed by atoms with Crippen LogP contribution >= 0.6 is 27.3 Å². The highest BCUT2D eigenvalue weighted by Crippen LogP contribution is 2.23. The van der Waals surface area contributed by atoms with Gasteiger partial charge in [-0.2, -0.15) is 5.10 Å². The fraction of sp³-hybridized carbons (Fsp3) is 0.188. The van der Waals surface area contributed by atoms with Crippen molar-refractivity contribution in [3.8, 4) is 5.69 Å². The number of thiazole rings is 1. The molecular weight excluding hydrogens is 376 g/mol. The monoisotopic (exact) mass is 390 g/mol. The molecule has 118 valence electrons. The molecule has 0 unspecified atom stereocenters. The predicted octanol–water partition coefficient (Wildman–Crippen LogP) is 4.27. The van der Waals surface area contributed by atoms with Gasteiger partial charge in [-0.15, -0.1) is 11.3 Å². The molecule has 1 aromatic carbocycles. The maximum absolute atomic E-state index is 12.2. The van der Waals surface area contributed by atoms with Crippen molar-refractivity contribution in [2.75, 3.05) is 5.32 Å². The number of nitrogens with one attached hydrogen (secondary N) is 1. The lowest BCUT2D eigenvalue weighted by Crippen LogP contribution is -2.11. The number of halogens is 1. The number of carbonyl (C=O) groups excluding carboxylic acids is 1. The third kappa shape index (κ3) is 3.20. The normalized spacial score (nSPS) is 10.8. The molecule has 1 amide bonds. The Kier molecular flexibility index (Phi) is 4.32. The summed E-state index contributed by atoms with van der Waals surface area (Å²) in [6, 6.07) is 7.34. The number of aryl methyl sites for hydroxylation is 2. The Hall–Kier alpha value is -1.99. The minimum absolute atomic E-state index is 0.166. The fourth-order valence-electron chi connectivity index (χ4n) is 2.21. The van der Waals surface area contributed by atoms with Gasteiger partial charge in [-0.3, -0.25) is 10.1 Å². The Labute approximate surface area is 146 Å². The van der Waals surface area contributed by atoms with Crippen LogP contribution in [0.5, 0.6) is 0 Å². The van der Waals surface area contributed by atoms with Gasteiger partial charge in [-0.05, 0) is 61.0 Å². The number of amides is 1. The van der Waals surface area contributed by atoms with Gasteiger partial charge in [0.05, 0.1) is 21.5 Å². The second kappa shape index (κ2) is 6.25. The number of carbonyl (C=O) groups is 1. The Morgan fingerprint density at radius 2 is 1.91 bits per heavy atom. The van der Waals surface area contributed by atoms with Crippen LogP contribution in [0.15, 0.2) is 34.9 Å². The number of anilines is 1. The van der Waals surface area contributed by atoms with Crippen molar-refractivity contribution in [1.82, 2.24) is 14.8 Å². The summed E-state index contributed by atoms with van der Waals surface area (Å²) >= 11 is 4.98. The van der Waals surface area contributed by atoms with E-state index in [2.05, 4.69) is 31.3 Å². The van der Waals surface area contributed by atoms with E-state index in [0.29, 0.717) is 10.7 Å². The van der Waals surface area contributed by atoms with E-state index in [1.165, 1.54) is 11.3 Å². The van der Waals surface area contributed by atoms with Crippen LogP contribution in [0.4, 0.5) is 5.13 Å². The maximum atomic E-state index is 12.2. The first-order valence-corrected chi connectivity index (χ1v) is 8.62. The first kappa shape index (κ1) is 15.9. The standard InChI is InChI=1S/C16H15BrN4OS/c1-9-8-18-16(23-9)19-15(22)12-4-6-13(7-5-12)21-11(3)14(17)10(2)20-21/h4-8H,1-3H3,(H,18,19,22). The largest absolute Gasteiger partial charge is 0.298 e. The number of hydrogen-bond acceptors (Lipinski definition) is 4. The van der Waals surface area contributed by atoms with Crippen LogP contribution in [-0.4, -0.2) is 20.7 Å². The van der Waals surface area contributed by atoms with Gasteiger partial charge >= 0.3 is 0 Å². The van der Waals surface area contributed by atoms with Crippen LogP contribution in [0, 0.1) is 20.8 Å². The van der Waals surface area contributed by atoms with E-state index < -0.39 is 0 Å². The van der Waals surface area contributed by atoms with Gasteiger partial charge in [0.25, 0.3) is 5.91 Å². The summed E-state index contributed by atoms with van der Waals surface area (Å²) in [6.07, 6.45) is 1.74. The molecule has 23 heavy (non-hydrogen) atoms. The van der Waals surface area contributed by atoms with Crippen molar-refractivity contribution < 1.29 is 4.79 Å². The molecule has 0 spiro atoms. The quantitative estimate of drug-likeness (QED) is 0.726. The summed E-state index contributed by atoms with van der Waals surface area (Å²) in [6.45, 7) is 5.90. The number of aromatic nitrogens is 3. The zero-order valence-electron chi connectivity index (χ0n) is 12.9. The van der Waals surface area contributed by atoms with Crippen LogP contribution in [0.2, 0.25) is 0 Å². The summed E-state index contributed by atoms with van der Waals surface area (Å²) in [4.78, 5) is 17.4. The smallest absolute Gasteiger partial charge is 0.257 e. The second-order valence-corrected chi connectivity index (χ2v) is 7.20. The predicted molar refractivity (Wildman–Crippen MR) is 95.5 cm³/mol. The van der Waals surface area contributed by atoms with Gasteiger partial charge in [0, 0.05) is 16.6 Å². The van der Waals surface area contributed by atoms with Gasteiger partial charge in [-0.1, -0.05) is 0 Å². The summed E-state index contributed by atoms with van der Waals surface area (Å²) in [5, 5.41) is 7.90. The number of rotatable bonds is 3. The van der Waals surface area contributed by atoms with E-state index in [1.807, 2.05) is 37.6 Å². The van der Waals surface area contributed by atoms with Crippen molar-refractivity contribution in [1.29, 1.82) is 0 Å². The molecule has 3 aromatic rings. The first-order chi connectivity index (χ1) is 11.0. The Bertz CT molecular complexity index is 867. The van der Waals surface area contributed by atoms with Crippen molar-refractivity contribution in [2.45, 2.75) is 20.8 Å². The minimum Gasteiger partial charge on any atom is -0.298 e. The molecule has 0 fully saturated rings. The van der Waals surface area contributed by atoms with Gasteiger partial charge in [0.15, 0.2) is 5.13 Å². The molecule has 0 atom stereocenters. The summed E-state index contributed by atoms with van der Waals surface area (Å²) in [5.41, 5.74) is 3.46. The molecule has 0 aliphatic rings. The molecule has 5 nitrogen and oxygen atoms in total. The molecule has 0 saturated carbocycles. The molecule has 1 N–H and O–H groups in total. The van der Waals surface area contributed by atoms with Crippen LogP contribution in [0.1, 0.15) is 26.6 Å². The van der Waals surface area contributed by atoms with Crippen LogP contribution in [0.25, 0.3) is 5.69 Å². The summed E-state index contributed by atoms with van der Waals surface area (Å²) in [5.74, 6) is -0.166. The lowest BCUT2D eigenvalue weighted by molar-refractivity contribution is 0.102. The fourth-order valence-corrected chi connectivity index (χ4v) is 3.12. The average Bonchev–Trinajstić information content (AvgIpc) is 3.06.